The number of anilines is 1. The Labute approximate surface area is 176 Å². The smallest absolute Gasteiger partial charge is 0.241 e. The quantitative estimate of drug-likeness (QED) is 0.578. The zero-order chi connectivity index (χ0) is 20.2. The summed E-state index contributed by atoms with van der Waals surface area (Å²) in [6, 6.07) is 16.4. The van der Waals surface area contributed by atoms with E-state index >= 15 is 0 Å². The van der Waals surface area contributed by atoms with E-state index in [0.29, 0.717) is 19.1 Å². The maximum atomic E-state index is 13.4. The van der Waals surface area contributed by atoms with Crippen molar-refractivity contribution >= 4 is 22.9 Å². The summed E-state index contributed by atoms with van der Waals surface area (Å²) >= 11 is 1.68. The maximum absolute atomic E-state index is 13.4. The summed E-state index contributed by atoms with van der Waals surface area (Å²) in [6.45, 7) is 1.97. The van der Waals surface area contributed by atoms with Crippen molar-refractivity contribution in [1.29, 1.82) is 0 Å². The number of benzene rings is 1. The van der Waals surface area contributed by atoms with Crippen LogP contribution in [0.4, 0.5) is 5.69 Å². The van der Waals surface area contributed by atoms with E-state index < -0.39 is 0 Å². The molecule has 1 amide bonds. The van der Waals surface area contributed by atoms with Gasteiger partial charge in [0.25, 0.3) is 0 Å². The monoisotopic (exact) mass is 409 g/mol. The molecule has 1 unspecified atom stereocenters. The molecule has 1 atom stereocenters. The number of hydrogen-bond acceptors (Lipinski definition) is 4. The van der Waals surface area contributed by atoms with E-state index in [2.05, 4.69) is 46.3 Å². The van der Waals surface area contributed by atoms with Crippen molar-refractivity contribution in [2.24, 2.45) is 7.05 Å². The lowest BCUT2D eigenvalue weighted by atomic mass is 10.1. The van der Waals surface area contributed by atoms with Crippen LogP contribution in [0.1, 0.15) is 29.5 Å². The summed E-state index contributed by atoms with van der Waals surface area (Å²) < 4.78 is 7.44. The summed E-state index contributed by atoms with van der Waals surface area (Å²) in [4.78, 5) is 18.8. The number of ether oxygens (including phenoxy) is 1. The van der Waals surface area contributed by atoms with Crippen molar-refractivity contribution in [2.75, 3.05) is 25.1 Å². The van der Waals surface area contributed by atoms with E-state index in [0.717, 1.165) is 30.8 Å². The second kappa shape index (κ2) is 8.84. The standard InChI is InChI=1S/C23H27N3O2S/c1-24-13-3-7-21(24)22-8-4-14-25(22)17-23(27)26(16-20-6-5-15-29-20)18-9-11-19(28-2)12-10-18/h3,5-7,9-13,15,22H,4,8,14,16-17H2,1-2H3. The zero-order valence-corrected chi connectivity index (χ0v) is 17.8. The number of rotatable bonds is 7. The normalized spacial score (nSPS) is 16.8. The van der Waals surface area contributed by atoms with E-state index in [1.165, 1.54) is 10.6 Å². The number of methoxy groups -OCH3 is 1. The van der Waals surface area contributed by atoms with Crippen LogP contribution in [0.5, 0.6) is 5.75 Å². The molecule has 0 aliphatic carbocycles. The number of likely N-dealkylation sites (tertiary alicyclic amines) is 1. The minimum absolute atomic E-state index is 0.129. The van der Waals surface area contributed by atoms with E-state index in [9.17, 15) is 4.79 Å². The zero-order valence-electron chi connectivity index (χ0n) is 17.0. The molecule has 29 heavy (non-hydrogen) atoms. The first-order valence-corrected chi connectivity index (χ1v) is 10.9. The Hall–Kier alpha value is -2.57. The molecule has 0 spiro atoms. The number of amides is 1. The molecule has 1 aliphatic rings. The van der Waals surface area contributed by atoms with Gasteiger partial charge in [-0.3, -0.25) is 9.69 Å². The number of carbonyl (C=O) groups excluding carboxylic acids is 1. The average Bonchev–Trinajstić information content (AvgIpc) is 3.48. The van der Waals surface area contributed by atoms with Crippen LogP contribution in [0.15, 0.2) is 60.1 Å². The maximum Gasteiger partial charge on any atom is 0.241 e. The molecule has 2 aromatic heterocycles. The highest BCUT2D eigenvalue weighted by atomic mass is 32.1. The predicted octanol–water partition coefficient (Wildman–Crippen LogP) is 4.47. The molecule has 4 rings (SSSR count). The van der Waals surface area contributed by atoms with Gasteiger partial charge in [-0.2, -0.15) is 0 Å². The summed E-state index contributed by atoms with van der Waals surface area (Å²) in [5.41, 5.74) is 2.18. The largest absolute Gasteiger partial charge is 0.497 e. The van der Waals surface area contributed by atoms with Crippen LogP contribution in [-0.4, -0.2) is 35.6 Å². The number of aromatic nitrogens is 1. The Balaban J connectivity index is 1.54. The van der Waals surface area contributed by atoms with Gasteiger partial charge < -0.3 is 14.2 Å². The van der Waals surface area contributed by atoms with Gasteiger partial charge in [-0.25, -0.2) is 0 Å². The number of thiophene rings is 1. The van der Waals surface area contributed by atoms with Gasteiger partial charge in [0.05, 0.1) is 26.2 Å². The Morgan fingerprint density at radius 1 is 1.21 bits per heavy atom. The number of aryl methyl sites for hydroxylation is 1. The highest BCUT2D eigenvalue weighted by Crippen LogP contribution is 2.32. The van der Waals surface area contributed by atoms with Crippen LogP contribution >= 0.6 is 11.3 Å². The lowest BCUT2D eigenvalue weighted by Gasteiger charge is -2.29. The van der Waals surface area contributed by atoms with Crippen LogP contribution in [0.25, 0.3) is 0 Å². The fraction of sp³-hybridized carbons (Fsp3) is 0.348. The Morgan fingerprint density at radius 3 is 2.69 bits per heavy atom. The number of hydrogen-bond donors (Lipinski definition) is 0. The first-order chi connectivity index (χ1) is 14.2. The van der Waals surface area contributed by atoms with Crippen molar-refractivity contribution in [3.05, 3.63) is 70.7 Å². The molecule has 0 radical (unpaired) electrons. The van der Waals surface area contributed by atoms with Crippen LogP contribution in [-0.2, 0) is 18.4 Å². The second-order valence-electron chi connectivity index (χ2n) is 7.43. The van der Waals surface area contributed by atoms with Crippen LogP contribution in [0.2, 0.25) is 0 Å². The third kappa shape index (κ3) is 4.38. The predicted molar refractivity (Wildman–Crippen MR) is 117 cm³/mol. The van der Waals surface area contributed by atoms with Gasteiger partial charge >= 0.3 is 0 Å². The SMILES string of the molecule is COc1ccc(N(Cc2cccs2)C(=O)CN2CCCC2c2cccn2C)cc1. The molecule has 1 fully saturated rings. The van der Waals surface area contributed by atoms with Gasteiger partial charge in [-0.15, -0.1) is 11.3 Å². The van der Waals surface area contributed by atoms with E-state index in [1.54, 1.807) is 18.4 Å². The molecule has 5 nitrogen and oxygen atoms in total. The third-order valence-electron chi connectivity index (χ3n) is 5.61. The molecule has 6 heteroatoms. The van der Waals surface area contributed by atoms with Gasteiger partial charge in [0, 0.05) is 29.5 Å². The van der Waals surface area contributed by atoms with E-state index in [-0.39, 0.29) is 5.91 Å². The fourth-order valence-electron chi connectivity index (χ4n) is 4.07. The molecular formula is C23H27N3O2S. The molecule has 0 saturated carbocycles. The lowest BCUT2D eigenvalue weighted by Crippen LogP contribution is -2.40. The van der Waals surface area contributed by atoms with Gasteiger partial charge in [0.15, 0.2) is 0 Å². The molecule has 1 aliphatic heterocycles. The summed E-state index contributed by atoms with van der Waals surface area (Å²) in [5.74, 6) is 0.922. The first-order valence-electron chi connectivity index (χ1n) is 9.98. The summed E-state index contributed by atoms with van der Waals surface area (Å²) in [6.07, 6.45) is 4.29. The topological polar surface area (TPSA) is 37.7 Å². The minimum Gasteiger partial charge on any atom is -0.497 e. The molecule has 3 heterocycles. The van der Waals surface area contributed by atoms with Crippen molar-refractivity contribution in [1.82, 2.24) is 9.47 Å². The number of nitrogens with zero attached hydrogens (tertiary/aromatic N) is 3. The van der Waals surface area contributed by atoms with Gasteiger partial charge in [0.1, 0.15) is 5.75 Å². The molecule has 0 bridgehead atoms. The Bertz CT molecular complexity index is 933. The Morgan fingerprint density at radius 2 is 2.03 bits per heavy atom. The molecule has 3 aromatic rings. The lowest BCUT2D eigenvalue weighted by molar-refractivity contribution is -0.120. The fourth-order valence-corrected chi connectivity index (χ4v) is 4.77. The van der Waals surface area contributed by atoms with Gasteiger partial charge in [0.2, 0.25) is 5.91 Å². The van der Waals surface area contributed by atoms with Gasteiger partial charge in [-0.05, 0) is 67.2 Å². The summed E-state index contributed by atoms with van der Waals surface area (Å²) in [7, 11) is 3.73. The third-order valence-corrected chi connectivity index (χ3v) is 6.47. The van der Waals surface area contributed by atoms with Gasteiger partial charge in [-0.1, -0.05) is 6.07 Å². The van der Waals surface area contributed by atoms with E-state index in [1.807, 2.05) is 35.2 Å². The minimum atomic E-state index is 0.129. The molecule has 152 valence electrons. The van der Waals surface area contributed by atoms with Crippen molar-refractivity contribution < 1.29 is 9.53 Å². The summed E-state index contributed by atoms with van der Waals surface area (Å²) in [5, 5.41) is 2.05. The second-order valence-corrected chi connectivity index (χ2v) is 8.46. The van der Waals surface area contributed by atoms with Crippen molar-refractivity contribution in [3.63, 3.8) is 0 Å². The van der Waals surface area contributed by atoms with Crippen LogP contribution in [0, 0.1) is 0 Å². The first kappa shape index (κ1) is 19.7. The van der Waals surface area contributed by atoms with Crippen LogP contribution in [0.3, 0.4) is 0 Å². The van der Waals surface area contributed by atoms with Crippen molar-refractivity contribution in [2.45, 2.75) is 25.4 Å². The molecule has 1 aromatic carbocycles. The molecule has 1 saturated heterocycles. The molecular weight excluding hydrogens is 382 g/mol. The highest BCUT2D eigenvalue weighted by Gasteiger charge is 2.30. The van der Waals surface area contributed by atoms with Crippen LogP contribution < -0.4 is 9.64 Å². The van der Waals surface area contributed by atoms with E-state index in [4.69, 9.17) is 4.74 Å². The number of carbonyl (C=O) groups is 1. The average molecular weight is 410 g/mol. The highest BCUT2D eigenvalue weighted by molar-refractivity contribution is 7.09. The Kier molecular flexibility index (Phi) is 6.02. The van der Waals surface area contributed by atoms with Crippen molar-refractivity contribution in [3.8, 4) is 5.75 Å². The molecule has 0 N–H and O–H groups in total.